The number of hydrogen-bond acceptors (Lipinski definition) is 2. The summed E-state index contributed by atoms with van der Waals surface area (Å²) < 4.78 is 1.86. The van der Waals surface area contributed by atoms with Gasteiger partial charge in [0.2, 0.25) is 5.95 Å². The molecule has 0 bridgehead atoms. The van der Waals surface area contributed by atoms with Gasteiger partial charge in [0, 0.05) is 19.4 Å². The first-order valence-electron chi connectivity index (χ1n) is 4.37. The summed E-state index contributed by atoms with van der Waals surface area (Å²) in [4.78, 5) is 4.13. The molecular formula is C10H9Cl2N3. The molecule has 2 aromatic rings. The van der Waals surface area contributed by atoms with Crippen LogP contribution >= 0.6 is 23.2 Å². The van der Waals surface area contributed by atoms with Crippen molar-refractivity contribution in [2.24, 2.45) is 7.05 Å². The summed E-state index contributed by atoms with van der Waals surface area (Å²) in [5.41, 5.74) is 0.749. The molecule has 1 N–H and O–H groups in total. The van der Waals surface area contributed by atoms with Crippen molar-refractivity contribution >= 4 is 34.8 Å². The van der Waals surface area contributed by atoms with E-state index in [1.807, 2.05) is 29.9 Å². The third-order valence-electron chi connectivity index (χ3n) is 2.02. The second-order valence-electron chi connectivity index (χ2n) is 3.09. The molecule has 0 spiro atoms. The molecule has 0 unspecified atom stereocenters. The molecule has 0 aliphatic heterocycles. The van der Waals surface area contributed by atoms with Gasteiger partial charge in [-0.25, -0.2) is 4.98 Å². The average molecular weight is 242 g/mol. The Bertz CT molecular complexity index is 479. The normalized spacial score (nSPS) is 10.3. The van der Waals surface area contributed by atoms with Crippen LogP contribution in [0.25, 0.3) is 0 Å². The summed E-state index contributed by atoms with van der Waals surface area (Å²) in [5.74, 6) is 0.721. The molecule has 0 amide bonds. The van der Waals surface area contributed by atoms with E-state index in [-0.39, 0.29) is 0 Å². The Balaban J connectivity index is 2.33. The number of hydrogen-bond donors (Lipinski definition) is 1. The van der Waals surface area contributed by atoms with Gasteiger partial charge >= 0.3 is 0 Å². The number of halogens is 2. The van der Waals surface area contributed by atoms with E-state index in [0.717, 1.165) is 11.6 Å². The van der Waals surface area contributed by atoms with Crippen molar-refractivity contribution in [3.63, 3.8) is 0 Å². The molecule has 0 atom stereocenters. The Hall–Kier alpha value is -1.19. The second-order valence-corrected chi connectivity index (χ2v) is 3.87. The number of imidazole rings is 1. The first kappa shape index (κ1) is 10.3. The molecular weight excluding hydrogens is 233 g/mol. The smallest absolute Gasteiger partial charge is 0.207 e. The third kappa shape index (κ3) is 2.08. The Morgan fingerprint density at radius 1 is 1.33 bits per heavy atom. The highest BCUT2D eigenvalue weighted by molar-refractivity contribution is 6.43. The Kier molecular flexibility index (Phi) is 2.84. The molecule has 2 rings (SSSR count). The van der Waals surface area contributed by atoms with Crippen LogP contribution in [0.4, 0.5) is 11.6 Å². The topological polar surface area (TPSA) is 29.9 Å². The number of nitrogens with one attached hydrogen (secondary N) is 1. The minimum atomic E-state index is 0.502. The van der Waals surface area contributed by atoms with Crippen LogP contribution in [0.3, 0.4) is 0 Å². The first-order chi connectivity index (χ1) is 7.18. The number of rotatable bonds is 2. The zero-order valence-electron chi connectivity index (χ0n) is 8.04. The van der Waals surface area contributed by atoms with Crippen molar-refractivity contribution in [2.75, 3.05) is 5.32 Å². The van der Waals surface area contributed by atoms with E-state index in [2.05, 4.69) is 10.3 Å². The highest BCUT2D eigenvalue weighted by atomic mass is 35.5. The van der Waals surface area contributed by atoms with Crippen molar-refractivity contribution in [3.8, 4) is 0 Å². The van der Waals surface area contributed by atoms with Gasteiger partial charge in [0.1, 0.15) is 0 Å². The molecule has 0 saturated heterocycles. The van der Waals surface area contributed by atoms with Crippen molar-refractivity contribution in [1.29, 1.82) is 0 Å². The fourth-order valence-electron chi connectivity index (χ4n) is 1.21. The van der Waals surface area contributed by atoms with Crippen molar-refractivity contribution < 1.29 is 0 Å². The van der Waals surface area contributed by atoms with Crippen molar-refractivity contribution in [3.05, 3.63) is 40.6 Å². The zero-order chi connectivity index (χ0) is 10.8. The summed E-state index contributed by atoms with van der Waals surface area (Å²) in [6.45, 7) is 0. The molecule has 0 aliphatic carbocycles. The molecule has 0 saturated carbocycles. The molecule has 0 radical (unpaired) electrons. The summed E-state index contributed by atoms with van der Waals surface area (Å²) in [6, 6.07) is 5.43. The van der Waals surface area contributed by atoms with Crippen molar-refractivity contribution in [1.82, 2.24) is 9.55 Å². The van der Waals surface area contributed by atoms with Crippen LogP contribution in [0.1, 0.15) is 0 Å². The van der Waals surface area contributed by atoms with E-state index in [4.69, 9.17) is 23.2 Å². The Morgan fingerprint density at radius 3 is 2.80 bits per heavy atom. The zero-order valence-corrected chi connectivity index (χ0v) is 9.55. The van der Waals surface area contributed by atoms with Crippen LogP contribution < -0.4 is 5.32 Å². The number of aryl methyl sites for hydroxylation is 1. The predicted molar refractivity (Wildman–Crippen MR) is 63.0 cm³/mol. The van der Waals surface area contributed by atoms with Crippen molar-refractivity contribution in [2.45, 2.75) is 0 Å². The van der Waals surface area contributed by atoms with Gasteiger partial charge in [-0.1, -0.05) is 29.3 Å². The lowest BCUT2D eigenvalue weighted by atomic mass is 10.3. The standard InChI is InChI=1S/C10H9Cl2N3/c1-15-6-5-13-10(15)14-8-4-2-3-7(11)9(8)12/h2-6H,1H3,(H,13,14). The number of nitrogens with zero attached hydrogens (tertiary/aromatic N) is 2. The van der Waals surface area contributed by atoms with E-state index < -0.39 is 0 Å². The van der Waals surface area contributed by atoms with Gasteiger partial charge in [-0.2, -0.15) is 0 Å². The Morgan fingerprint density at radius 2 is 2.13 bits per heavy atom. The van der Waals surface area contributed by atoms with Gasteiger partial charge in [-0.05, 0) is 12.1 Å². The average Bonchev–Trinajstić information content (AvgIpc) is 2.60. The van der Waals surface area contributed by atoms with Gasteiger partial charge < -0.3 is 9.88 Å². The lowest BCUT2D eigenvalue weighted by Gasteiger charge is -2.08. The van der Waals surface area contributed by atoms with Gasteiger partial charge in [0.15, 0.2) is 0 Å². The van der Waals surface area contributed by atoms with Crippen LogP contribution in [-0.2, 0) is 7.05 Å². The highest BCUT2D eigenvalue weighted by Gasteiger charge is 2.06. The minimum absolute atomic E-state index is 0.502. The van der Waals surface area contributed by atoms with Gasteiger partial charge in [0.05, 0.1) is 15.7 Å². The van der Waals surface area contributed by atoms with E-state index in [1.165, 1.54) is 0 Å². The van der Waals surface area contributed by atoms with Gasteiger partial charge in [-0.15, -0.1) is 0 Å². The monoisotopic (exact) mass is 241 g/mol. The molecule has 15 heavy (non-hydrogen) atoms. The van der Waals surface area contributed by atoms with E-state index in [0.29, 0.717) is 10.0 Å². The lowest BCUT2D eigenvalue weighted by molar-refractivity contribution is 0.924. The van der Waals surface area contributed by atoms with Crippen LogP contribution in [0.15, 0.2) is 30.6 Å². The lowest BCUT2D eigenvalue weighted by Crippen LogP contribution is -1.98. The molecule has 78 valence electrons. The third-order valence-corrected chi connectivity index (χ3v) is 2.84. The predicted octanol–water partition coefficient (Wildman–Crippen LogP) is 3.47. The van der Waals surface area contributed by atoms with Crippen LogP contribution in [0.5, 0.6) is 0 Å². The van der Waals surface area contributed by atoms with Crippen LogP contribution in [-0.4, -0.2) is 9.55 Å². The highest BCUT2D eigenvalue weighted by Crippen LogP contribution is 2.31. The fraction of sp³-hybridized carbons (Fsp3) is 0.100. The molecule has 1 heterocycles. The van der Waals surface area contributed by atoms with E-state index >= 15 is 0 Å². The van der Waals surface area contributed by atoms with Gasteiger partial charge in [-0.3, -0.25) is 0 Å². The summed E-state index contributed by atoms with van der Waals surface area (Å²) >= 11 is 11.9. The number of anilines is 2. The molecule has 1 aromatic carbocycles. The maximum absolute atomic E-state index is 6.03. The summed E-state index contributed by atoms with van der Waals surface area (Å²) in [5, 5.41) is 4.12. The first-order valence-corrected chi connectivity index (χ1v) is 5.12. The molecule has 1 aromatic heterocycles. The molecule has 5 heteroatoms. The van der Waals surface area contributed by atoms with Crippen LogP contribution in [0.2, 0.25) is 10.0 Å². The molecule has 0 aliphatic rings. The minimum Gasteiger partial charge on any atom is -0.324 e. The quantitative estimate of drug-likeness (QED) is 0.873. The summed E-state index contributed by atoms with van der Waals surface area (Å²) in [7, 11) is 1.90. The van der Waals surface area contributed by atoms with Gasteiger partial charge in [0.25, 0.3) is 0 Å². The van der Waals surface area contributed by atoms with Crippen LogP contribution in [0, 0.1) is 0 Å². The SMILES string of the molecule is Cn1ccnc1Nc1cccc(Cl)c1Cl. The molecule has 0 fully saturated rings. The summed E-state index contributed by atoms with van der Waals surface area (Å²) in [6.07, 6.45) is 3.56. The largest absolute Gasteiger partial charge is 0.324 e. The number of benzene rings is 1. The Labute approximate surface area is 97.6 Å². The fourth-order valence-corrected chi connectivity index (χ4v) is 1.55. The van der Waals surface area contributed by atoms with E-state index in [1.54, 1.807) is 12.3 Å². The second kappa shape index (κ2) is 4.13. The number of aromatic nitrogens is 2. The molecule has 3 nitrogen and oxygen atoms in total. The maximum atomic E-state index is 6.03. The van der Waals surface area contributed by atoms with E-state index in [9.17, 15) is 0 Å². The maximum Gasteiger partial charge on any atom is 0.207 e.